The van der Waals surface area contributed by atoms with E-state index in [0.717, 1.165) is 25.7 Å². The molecule has 0 radical (unpaired) electrons. The van der Waals surface area contributed by atoms with Crippen molar-refractivity contribution in [3.05, 3.63) is 0 Å². The monoisotopic (exact) mass is 337 g/mol. The molecule has 0 aromatic carbocycles. The summed E-state index contributed by atoms with van der Waals surface area (Å²) in [5, 5.41) is 2.91. The molecule has 134 valence electrons. The summed E-state index contributed by atoms with van der Waals surface area (Å²) in [4.78, 5) is 36.2. The maximum Gasteiger partial charge on any atom is 0.407 e. The number of Topliss-reactive ketones (excluding diaryl/α,β-unsaturated/α-hetero) is 1. The molecule has 1 unspecified atom stereocenters. The Kier molecular flexibility index (Phi) is 4.83. The van der Waals surface area contributed by atoms with E-state index in [4.69, 9.17) is 9.47 Å². The van der Waals surface area contributed by atoms with E-state index in [-0.39, 0.29) is 53.7 Å². The van der Waals surface area contributed by atoms with Crippen LogP contribution < -0.4 is 5.32 Å². The summed E-state index contributed by atoms with van der Waals surface area (Å²) in [6, 6.07) is 0.0595. The van der Waals surface area contributed by atoms with Crippen LogP contribution in [0.5, 0.6) is 0 Å². The van der Waals surface area contributed by atoms with Gasteiger partial charge in [0, 0.05) is 17.9 Å². The summed E-state index contributed by atoms with van der Waals surface area (Å²) in [6.07, 6.45) is 2.77. The Morgan fingerprint density at radius 2 is 2.04 bits per heavy atom. The molecule has 1 amide bonds. The first-order chi connectivity index (χ1) is 11.4. The summed E-state index contributed by atoms with van der Waals surface area (Å²) in [5.74, 6) is 0.333. The van der Waals surface area contributed by atoms with Gasteiger partial charge >= 0.3 is 12.1 Å². The third-order valence-electron chi connectivity index (χ3n) is 6.15. The summed E-state index contributed by atoms with van der Waals surface area (Å²) in [7, 11) is 0. The van der Waals surface area contributed by atoms with Crippen molar-refractivity contribution in [1.29, 1.82) is 0 Å². The molecule has 1 heterocycles. The molecule has 1 N–H and O–H groups in total. The van der Waals surface area contributed by atoms with Gasteiger partial charge in [0.25, 0.3) is 0 Å². The van der Waals surface area contributed by atoms with Gasteiger partial charge in [0.15, 0.2) is 0 Å². The molecule has 24 heavy (non-hydrogen) atoms. The smallest absolute Gasteiger partial charge is 0.407 e. The van der Waals surface area contributed by atoms with Crippen LogP contribution in [0.2, 0.25) is 0 Å². The van der Waals surface area contributed by atoms with Gasteiger partial charge in [0.05, 0.1) is 12.5 Å². The van der Waals surface area contributed by atoms with Crippen LogP contribution in [0, 0.1) is 29.6 Å². The second kappa shape index (κ2) is 6.73. The Labute approximate surface area is 142 Å². The zero-order valence-electron chi connectivity index (χ0n) is 14.6. The Balaban J connectivity index is 1.74. The minimum Gasteiger partial charge on any atom is -0.462 e. The molecule has 1 aliphatic heterocycles. The molecule has 0 spiro atoms. The van der Waals surface area contributed by atoms with Gasteiger partial charge in [-0.15, -0.1) is 0 Å². The first kappa shape index (κ1) is 17.2. The maximum absolute atomic E-state index is 12.3. The summed E-state index contributed by atoms with van der Waals surface area (Å²) in [6.45, 7) is 5.68. The quantitative estimate of drug-likeness (QED) is 0.799. The number of ether oxygens (including phenoxy) is 2. The van der Waals surface area contributed by atoms with Gasteiger partial charge in [-0.1, -0.05) is 0 Å². The van der Waals surface area contributed by atoms with Crippen molar-refractivity contribution in [2.45, 2.75) is 58.6 Å². The van der Waals surface area contributed by atoms with Crippen molar-refractivity contribution in [1.82, 2.24) is 5.32 Å². The maximum atomic E-state index is 12.3. The number of ketones is 1. The van der Waals surface area contributed by atoms with Crippen LogP contribution in [0.15, 0.2) is 0 Å². The fourth-order valence-corrected chi connectivity index (χ4v) is 5.31. The van der Waals surface area contributed by atoms with E-state index in [1.165, 1.54) is 0 Å². The van der Waals surface area contributed by atoms with Gasteiger partial charge in [0.2, 0.25) is 0 Å². The number of amides is 1. The highest BCUT2D eigenvalue weighted by atomic mass is 16.6. The van der Waals surface area contributed by atoms with Crippen LogP contribution in [0.1, 0.15) is 46.5 Å². The number of cyclic esters (lactones) is 1. The predicted molar refractivity (Wildman–Crippen MR) is 86.1 cm³/mol. The van der Waals surface area contributed by atoms with Crippen LogP contribution in [0.25, 0.3) is 0 Å². The minimum absolute atomic E-state index is 0.0193. The summed E-state index contributed by atoms with van der Waals surface area (Å²) in [5.41, 5.74) is 0. The lowest BCUT2D eigenvalue weighted by Crippen LogP contribution is -2.50. The molecular formula is C18H27NO5. The van der Waals surface area contributed by atoms with Crippen LogP contribution in [0.4, 0.5) is 4.79 Å². The Morgan fingerprint density at radius 3 is 2.71 bits per heavy atom. The first-order valence-corrected chi connectivity index (χ1v) is 9.06. The molecule has 2 saturated carbocycles. The SMILES string of the molecule is CCOC(=O)N[C@H]1CC[C@@H]2C(C1)C[C@H]1C(=O)O[C@H](C)[C@H]1[C@H]2C(C)=O. The lowest BCUT2D eigenvalue weighted by molar-refractivity contribution is -0.144. The van der Waals surface area contributed by atoms with Crippen molar-refractivity contribution in [2.24, 2.45) is 29.6 Å². The number of carbonyl (C=O) groups is 3. The van der Waals surface area contributed by atoms with Gasteiger partial charge in [-0.25, -0.2) is 4.79 Å². The molecule has 0 aromatic heterocycles. The number of hydrogen-bond acceptors (Lipinski definition) is 5. The number of rotatable bonds is 3. The zero-order valence-corrected chi connectivity index (χ0v) is 14.6. The fourth-order valence-electron chi connectivity index (χ4n) is 5.31. The summed E-state index contributed by atoms with van der Waals surface area (Å²) < 4.78 is 10.4. The average molecular weight is 337 g/mol. The van der Waals surface area contributed by atoms with E-state index in [0.29, 0.717) is 12.5 Å². The standard InChI is InChI=1S/C18H27NO5/c1-4-23-18(22)19-12-5-6-13-11(7-12)8-14-16(15(13)9(2)20)10(3)24-17(14)21/h10-16H,4-8H2,1-3H3,(H,19,22)/t10-,11?,12+,13-,14-,15+,16-/m1/s1. The molecule has 2 aliphatic carbocycles. The number of alkyl carbamates (subject to hydrolysis) is 1. The third kappa shape index (κ3) is 3.03. The van der Waals surface area contributed by atoms with E-state index in [2.05, 4.69) is 5.32 Å². The van der Waals surface area contributed by atoms with Crippen LogP contribution in [0.3, 0.4) is 0 Å². The lowest BCUT2D eigenvalue weighted by atomic mass is 9.56. The highest BCUT2D eigenvalue weighted by Gasteiger charge is 2.56. The molecule has 1 saturated heterocycles. The molecular weight excluding hydrogens is 310 g/mol. The van der Waals surface area contributed by atoms with Gasteiger partial charge < -0.3 is 14.8 Å². The fraction of sp³-hybridized carbons (Fsp3) is 0.833. The van der Waals surface area contributed by atoms with E-state index < -0.39 is 0 Å². The third-order valence-corrected chi connectivity index (χ3v) is 6.15. The Hall–Kier alpha value is -1.59. The van der Waals surface area contributed by atoms with Crippen molar-refractivity contribution in [3.8, 4) is 0 Å². The van der Waals surface area contributed by atoms with Gasteiger partial charge in [-0.3, -0.25) is 9.59 Å². The first-order valence-electron chi connectivity index (χ1n) is 9.06. The Morgan fingerprint density at radius 1 is 1.29 bits per heavy atom. The molecule has 3 rings (SSSR count). The predicted octanol–water partition coefficient (Wildman–Crippen LogP) is 2.30. The number of esters is 1. The minimum atomic E-state index is -0.383. The zero-order chi connectivity index (χ0) is 17.4. The number of fused-ring (bicyclic) bond motifs is 2. The van der Waals surface area contributed by atoms with E-state index in [1.54, 1.807) is 13.8 Å². The highest BCUT2D eigenvalue weighted by molar-refractivity contribution is 5.83. The molecule has 0 bridgehead atoms. The van der Waals surface area contributed by atoms with Crippen molar-refractivity contribution < 1.29 is 23.9 Å². The van der Waals surface area contributed by atoms with E-state index in [1.807, 2.05) is 6.92 Å². The van der Waals surface area contributed by atoms with E-state index >= 15 is 0 Å². The van der Waals surface area contributed by atoms with Gasteiger partial charge in [-0.05, 0) is 58.3 Å². The van der Waals surface area contributed by atoms with Gasteiger partial charge in [-0.2, -0.15) is 0 Å². The number of carbonyl (C=O) groups excluding carboxylic acids is 3. The van der Waals surface area contributed by atoms with E-state index in [9.17, 15) is 14.4 Å². The molecule has 6 nitrogen and oxygen atoms in total. The Bertz CT molecular complexity index is 534. The molecule has 0 aromatic rings. The lowest BCUT2D eigenvalue weighted by Gasteiger charge is -2.47. The van der Waals surface area contributed by atoms with Crippen molar-refractivity contribution in [2.75, 3.05) is 6.61 Å². The second-order valence-electron chi connectivity index (χ2n) is 7.50. The normalized spacial score (nSPS) is 41.0. The van der Waals surface area contributed by atoms with Crippen LogP contribution in [-0.2, 0) is 19.1 Å². The number of nitrogens with one attached hydrogen (secondary N) is 1. The second-order valence-corrected chi connectivity index (χ2v) is 7.50. The highest BCUT2D eigenvalue weighted by Crippen LogP contribution is 2.53. The summed E-state index contributed by atoms with van der Waals surface area (Å²) >= 11 is 0. The van der Waals surface area contributed by atoms with Gasteiger partial charge in [0.1, 0.15) is 11.9 Å². The molecule has 3 fully saturated rings. The van der Waals surface area contributed by atoms with Crippen molar-refractivity contribution >= 4 is 17.8 Å². The largest absolute Gasteiger partial charge is 0.462 e. The molecule has 7 atom stereocenters. The topological polar surface area (TPSA) is 81.7 Å². The van der Waals surface area contributed by atoms with Crippen molar-refractivity contribution in [3.63, 3.8) is 0 Å². The number of hydrogen-bond donors (Lipinski definition) is 1. The molecule has 6 heteroatoms. The van der Waals surface area contributed by atoms with Crippen LogP contribution >= 0.6 is 0 Å². The molecule has 3 aliphatic rings. The van der Waals surface area contributed by atoms with Crippen LogP contribution in [-0.4, -0.2) is 36.6 Å². The average Bonchev–Trinajstić information content (AvgIpc) is 2.79.